The molecule has 6 nitrogen and oxygen atoms in total. The zero-order valence-electron chi connectivity index (χ0n) is 10.8. The van der Waals surface area contributed by atoms with Crippen LogP contribution in [-0.4, -0.2) is 40.4 Å². The van der Waals surface area contributed by atoms with Crippen LogP contribution in [-0.2, 0) is 0 Å². The standard InChI is InChI=1S/C12H18N4O2/c1-8-5-4-6-14-10(8)12(17)16(3)7-9(2)11(13)15-18/h4-6,9,18H,7H2,1-3H3,(H2,13,15). The molecule has 0 aliphatic heterocycles. The lowest BCUT2D eigenvalue weighted by atomic mass is 10.1. The third-order valence-electron chi connectivity index (χ3n) is 2.73. The van der Waals surface area contributed by atoms with Gasteiger partial charge in [-0.3, -0.25) is 9.78 Å². The average Bonchev–Trinajstić information content (AvgIpc) is 2.37. The van der Waals surface area contributed by atoms with Gasteiger partial charge in [-0.05, 0) is 18.6 Å². The first-order chi connectivity index (χ1) is 8.47. The van der Waals surface area contributed by atoms with Crippen molar-refractivity contribution >= 4 is 11.7 Å². The van der Waals surface area contributed by atoms with Crippen LogP contribution in [0.5, 0.6) is 0 Å². The number of carbonyl (C=O) groups is 1. The summed E-state index contributed by atoms with van der Waals surface area (Å²) in [5.74, 6) is -0.286. The van der Waals surface area contributed by atoms with Gasteiger partial charge >= 0.3 is 0 Å². The second-order valence-electron chi connectivity index (χ2n) is 4.28. The highest BCUT2D eigenvalue weighted by Gasteiger charge is 2.18. The summed E-state index contributed by atoms with van der Waals surface area (Å²) in [5.41, 5.74) is 6.73. The number of pyridine rings is 1. The van der Waals surface area contributed by atoms with Gasteiger partial charge in [0.15, 0.2) is 0 Å². The Labute approximate surface area is 106 Å². The van der Waals surface area contributed by atoms with Gasteiger partial charge in [0.1, 0.15) is 11.5 Å². The molecule has 0 aliphatic carbocycles. The molecule has 1 heterocycles. The van der Waals surface area contributed by atoms with E-state index in [2.05, 4.69) is 10.1 Å². The van der Waals surface area contributed by atoms with Crippen molar-refractivity contribution in [1.29, 1.82) is 0 Å². The Balaban J connectivity index is 2.77. The summed E-state index contributed by atoms with van der Waals surface area (Å²) in [6.45, 7) is 3.98. The van der Waals surface area contributed by atoms with Crippen molar-refractivity contribution in [3.63, 3.8) is 0 Å². The number of rotatable bonds is 4. The highest BCUT2D eigenvalue weighted by Crippen LogP contribution is 2.08. The zero-order chi connectivity index (χ0) is 13.7. The lowest BCUT2D eigenvalue weighted by molar-refractivity contribution is 0.0779. The molecule has 18 heavy (non-hydrogen) atoms. The van der Waals surface area contributed by atoms with Gasteiger partial charge in [-0.1, -0.05) is 18.1 Å². The van der Waals surface area contributed by atoms with Crippen molar-refractivity contribution in [3.8, 4) is 0 Å². The van der Waals surface area contributed by atoms with Crippen LogP contribution < -0.4 is 5.73 Å². The number of nitrogens with zero attached hydrogens (tertiary/aromatic N) is 3. The molecule has 1 atom stereocenters. The Morgan fingerprint density at radius 3 is 2.89 bits per heavy atom. The molecule has 98 valence electrons. The molecule has 0 saturated heterocycles. The first kappa shape index (κ1) is 14.0. The van der Waals surface area contributed by atoms with Gasteiger partial charge < -0.3 is 15.8 Å². The van der Waals surface area contributed by atoms with Crippen LogP contribution in [0.4, 0.5) is 0 Å². The Hall–Kier alpha value is -2.11. The van der Waals surface area contributed by atoms with Crippen molar-refractivity contribution in [3.05, 3.63) is 29.6 Å². The highest BCUT2D eigenvalue weighted by molar-refractivity contribution is 5.94. The second-order valence-corrected chi connectivity index (χ2v) is 4.28. The molecule has 0 bridgehead atoms. The molecule has 1 aromatic heterocycles. The third-order valence-corrected chi connectivity index (χ3v) is 2.73. The molecule has 0 radical (unpaired) electrons. The number of hydrogen-bond acceptors (Lipinski definition) is 4. The van der Waals surface area contributed by atoms with Crippen LogP contribution in [0.3, 0.4) is 0 Å². The molecular formula is C12H18N4O2. The predicted molar refractivity (Wildman–Crippen MR) is 68.5 cm³/mol. The van der Waals surface area contributed by atoms with Crippen LogP contribution in [0.25, 0.3) is 0 Å². The van der Waals surface area contributed by atoms with Crippen molar-refractivity contribution < 1.29 is 10.0 Å². The number of amides is 1. The van der Waals surface area contributed by atoms with Crippen molar-refractivity contribution in [2.24, 2.45) is 16.8 Å². The summed E-state index contributed by atoms with van der Waals surface area (Å²) >= 11 is 0. The van der Waals surface area contributed by atoms with E-state index in [4.69, 9.17) is 10.9 Å². The van der Waals surface area contributed by atoms with E-state index in [-0.39, 0.29) is 17.7 Å². The van der Waals surface area contributed by atoms with Crippen LogP contribution in [0.15, 0.2) is 23.5 Å². The van der Waals surface area contributed by atoms with E-state index >= 15 is 0 Å². The van der Waals surface area contributed by atoms with Crippen LogP contribution in [0, 0.1) is 12.8 Å². The fraction of sp³-hybridized carbons (Fsp3) is 0.417. The first-order valence-corrected chi connectivity index (χ1v) is 5.61. The number of aromatic nitrogens is 1. The quantitative estimate of drug-likeness (QED) is 0.358. The van der Waals surface area contributed by atoms with Crippen molar-refractivity contribution in [1.82, 2.24) is 9.88 Å². The van der Waals surface area contributed by atoms with E-state index in [1.807, 2.05) is 13.0 Å². The summed E-state index contributed by atoms with van der Waals surface area (Å²) in [5, 5.41) is 11.5. The zero-order valence-corrected chi connectivity index (χ0v) is 10.8. The van der Waals surface area contributed by atoms with E-state index < -0.39 is 0 Å². The highest BCUT2D eigenvalue weighted by atomic mass is 16.4. The van der Waals surface area contributed by atoms with Crippen LogP contribution in [0.2, 0.25) is 0 Å². The SMILES string of the molecule is Cc1cccnc1C(=O)N(C)CC(C)/C(N)=N/O. The fourth-order valence-corrected chi connectivity index (χ4v) is 1.58. The number of aryl methyl sites for hydroxylation is 1. The maximum absolute atomic E-state index is 12.1. The smallest absolute Gasteiger partial charge is 0.272 e. The summed E-state index contributed by atoms with van der Waals surface area (Å²) in [7, 11) is 1.66. The van der Waals surface area contributed by atoms with Crippen molar-refractivity contribution in [2.75, 3.05) is 13.6 Å². The summed E-state index contributed by atoms with van der Waals surface area (Å²) in [4.78, 5) is 17.7. The monoisotopic (exact) mass is 250 g/mol. The van der Waals surface area contributed by atoms with Gasteiger partial charge in [0.2, 0.25) is 0 Å². The summed E-state index contributed by atoms with van der Waals surface area (Å²) < 4.78 is 0. The number of nitrogens with two attached hydrogens (primary N) is 1. The van der Waals surface area contributed by atoms with Crippen molar-refractivity contribution in [2.45, 2.75) is 13.8 Å². The lowest BCUT2D eigenvalue weighted by Gasteiger charge is -2.21. The Morgan fingerprint density at radius 1 is 1.67 bits per heavy atom. The molecule has 0 saturated carbocycles. The van der Waals surface area contributed by atoms with Gasteiger partial charge in [0, 0.05) is 25.7 Å². The van der Waals surface area contributed by atoms with Crippen LogP contribution >= 0.6 is 0 Å². The Morgan fingerprint density at radius 2 is 2.33 bits per heavy atom. The minimum absolute atomic E-state index is 0.104. The molecule has 1 rings (SSSR count). The molecule has 3 N–H and O–H groups in total. The molecular weight excluding hydrogens is 232 g/mol. The minimum atomic E-state index is -0.215. The lowest BCUT2D eigenvalue weighted by Crippen LogP contribution is -2.36. The number of amidine groups is 1. The molecule has 0 fully saturated rings. The average molecular weight is 250 g/mol. The normalized spacial score (nSPS) is 13.2. The van der Waals surface area contributed by atoms with Gasteiger partial charge in [-0.15, -0.1) is 0 Å². The van der Waals surface area contributed by atoms with E-state index in [1.54, 1.807) is 26.2 Å². The third kappa shape index (κ3) is 3.19. The van der Waals surface area contributed by atoms with Gasteiger partial charge in [0.05, 0.1) is 0 Å². The summed E-state index contributed by atoms with van der Waals surface area (Å²) in [6, 6.07) is 3.62. The maximum atomic E-state index is 12.1. The largest absolute Gasteiger partial charge is 0.409 e. The first-order valence-electron chi connectivity index (χ1n) is 5.61. The van der Waals surface area contributed by atoms with Crippen LogP contribution in [0.1, 0.15) is 23.0 Å². The molecule has 6 heteroatoms. The predicted octanol–water partition coefficient (Wildman–Crippen LogP) is 0.845. The minimum Gasteiger partial charge on any atom is -0.409 e. The van der Waals surface area contributed by atoms with Gasteiger partial charge in [0.25, 0.3) is 5.91 Å². The molecule has 1 aromatic rings. The van der Waals surface area contributed by atoms with Gasteiger partial charge in [-0.2, -0.15) is 0 Å². The Bertz CT molecular complexity index is 459. The summed E-state index contributed by atoms with van der Waals surface area (Å²) in [6.07, 6.45) is 1.58. The molecule has 0 aromatic carbocycles. The molecule has 1 unspecified atom stereocenters. The number of carbonyl (C=O) groups excluding carboxylic acids is 1. The topological polar surface area (TPSA) is 91.8 Å². The molecule has 0 aliphatic rings. The second kappa shape index (κ2) is 6.00. The van der Waals surface area contributed by atoms with E-state index in [0.717, 1.165) is 5.56 Å². The number of oxime groups is 1. The maximum Gasteiger partial charge on any atom is 0.272 e. The van der Waals surface area contributed by atoms with E-state index in [0.29, 0.717) is 12.2 Å². The van der Waals surface area contributed by atoms with E-state index in [9.17, 15) is 4.79 Å². The van der Waals surface area contributed by atoms with Gasteiger partial charge in [-0.25, -0.2) is 0 Å². The Kier molecular flexibility index (Phi) is 4.65. The molecule has 1 amide bonds. The molecule has 0 spiro atoms. The number of hydrogen-bond donors (Lipinski definition) is 2. The van der Waals surface area contributed by atoms with E-state index in [1.165, 1.54) is 4.90 Å². The fourth-order valence-electron chi connectivity index (χ4n) is 1.58.